The monoisotopic (exact) mass is 408 g/mol. The van der Waals surface area contributed by atoms with Crippen LogP contribution in [0.2, 0.25) is 0 Å². The topological polar surface area (TPSA) is 120 Å². The van der Waals surface area contributed by atoms with Crippen molar-refractivity contribution in [1.82, 2.24) is 9.97 Å². The van der Waals surface area contributed by atoms with Gasteiger partial charge in [0.1, 0.15) is 28.4 Å². The number of nitrogens with one attached hydrogen (secondary N) is 3. The first kappa shape index (κ1) is 20.1. The van der Waals surface area contributed by atoms with Crippen molar-refractivity contribution in [2.45, 2.75) is 18.7 Å². The van der Waals surface area contributed by atoms with E-state index in [0.29, 0.717) is 17.3 Å². The molecule has 8 nitrogen and oxygen atoms in total. The zero-order valence-corrected chi connectivity index (χ0v) is 16.8. The van der Waals surface area contributed by atoms with Gasteiger partial charge in [0.2, 0.25) is 0 Å². The molecule has 0 spiro atoms. The van der Waals surface area contributed by atoms with Crippen molar-refractivity contribution in [2.24, 2.45) is 0 Å². The Kier molecular flexibility index (Phi) is 5.95. The van der Waals surface area contributed by atoms with Crippen molar-refractivity contribution < 1.29 is 8.42 Å². The highest BCUT2D eigenvalue weighted by Crippen LogP contribution is 2.22. The van der Waals surface area contributed by atoms with Crippen LogP contribution in [-0.4, -0.2) is 24.9 Å². The number of hydrogen-bond donors (Lipinski definition) is 3. The van der Waals surface area contributed by atoms with Crippen LogP contribution >= 0.6 is 0 Å². The van der Waals surface area contributed by atoms with Gasteiger partial charge in [0.05, 0.1) is 5.56 Å². The third-order valence-corrected chi connectivity index (χ3v) is 5.34. The second kappa shape index (κ2) is 8.58. The molecule has 0 saturated carbocycles. The fourth-order valence-electron chi connectivity index (χ4n) is 2.68. The number of nitriles is 1. The van der Waals surface area contributed by atoms with E-state index < -0.39 is 10.0 Å². The molecule has 0 bridgehead atoms. The molecule has 0 fully saturated rings. The Morgan fingerprint density at radius 2 is 1.66 bits per heavy atom. The van der Waals surface area contributed by atoms with Crippen molar-refractivity contribution in [3.8, 4) is 6.07 Å². The maximum atomic E-state index is 12.6. The fraction of sp³-hybridized carbons (Fsp3) is 0.150. The smallest absolute Gasteiger partial charge is 0.263 e. The first-order chi connectivity index (χ1) is 13.9. The zero-order valence-electron chi connectivity index (χ0n) is 16.0. The summed E-state index contributed by atoms with van der Waals surface area (Å²) >= 11 is 0. The van der Waals surface area contributed by atoms with Gasteiger partial charge in [-0.2, -0.15) is 5.26 Å². The number of nitrogens with zero attached hydrogens (tertiary/aromatic N) is 3. The molecule has 0 aliphatic heterocycles. The number of rotatable bonds is 7. The molecule has 0 aliphatic rings. The first-order valence-corrected chi connectivity index (χ1v) is 10.4. The fourth-order valence-corrected chi connectivity index (χ4v) is 3.89. The Bertz CT molecular complexity index is 1150. The van der Waals surface area contributed by atoms with E-state index in [2.05, 4.69) is 25.3 Å². The van der Waals surface area contributed by atoms with E-state index in [0.717, 1.165) is 18.1 Å². The quantitative estimate of drug-likeness (QED) is 0.546. The van der Waals surface area contributed by atoms with E-state index in [4.69, 9.17) is 5.26 Å². The van der Waals surface area contributed by atoms with Gasteiger partial charge >= 0.3 is 0 Å². The van der Waals surface area contributed by atoms with Crippen LogP contribution in [-0.2, 0) is 10.0 Å². The lowest BCUT2D eigenvalue weighted by molar-refractivity contribution is 0.601. The molecule has 1 aromatic heterocycles. The second-order valence-electron chi connectivity index (χ2n) is 6.13. The van der Waals surface area contributed by atoms with Crippen LogP contribution in [0, 0.1) is 18.3 Å². The highest BCUT2D eigenvalue weighted by molar-refractivity contribution is 7.92. The van der Waals surface area contributed by atoms with Crippen LogP contribution in [0.15, 0.2) is 59.5 Å². The molecule has 0 aliphatic carbocycles. The summed E-state index contributed by atoms with van der Waals surface area (Å²) in [6.45, 7) is 4.54. The summed E-state index contributed by atoms with van der Waals surface area (Å²) in [7, 11) is -3.87. The van der Waals surface area contributed by atoms with E-state index in [1.54, 1.807) is 42.5 Å². The number of sulfonamides is 1. The van der Waals surface area contributed by atoms with Gasteiger partial charge in [-0.15, -0.1) is 0 Å². The normalized spacial score (nSPS) is 10.8. The third kappa shape index (κ3) is 5.00. The number of benzene rings is 2. The minimum absolute atomic E-state index is 0.0582. The summed E-state index contributed by atoms with van der Waals surface area (Å²) in [4.78, 5) is 8.59. The number of aromatic nitrogens is 2. The van der Waals surface area contributed by atoms with E-state index in [1.807, 2.05) is 19.9 Å². The predicted molar refractivity (Wildman–Crippen MR) is 113 cm³/mol. The van der Waals surface area contributed by atoms with Gasteiger partial charge in [0.25, 0.3) is 10.0 Å². The standard InChI is InChI=1S/C20H20N6O2S/c1-3-22-19-12-20(24-14(2)23-19)25-16-8-10-17(11-9-16)26-29(27,28)18-7-5-4-6-15(18)13-21/h4-12,26H,3H2,1-2H3,(H2,22,23,24,25). The van der Waals surface area contributed by atoms with Crippen LogP contribution in [0.1, 0.15) is 18.3 Å². The van der Waals surface area contributed by atoms with E-state index >= 15 is 0 Å². The van der Waals surface area contributed by atoms with Crippen LogP contribution in [0.3, 0.4) is 0 Å². The van der Waals surface area contributed by atoms with Gasteiger partial charge in [-0.25, -0.2) is 18.4 Å². The summed E-state index contributed by atoms with van der Waals surface area (Å²) < 4.78 is 27.7. The molecule has 2 aromatic carbocycles. The van der Waals surface area contributed by atoms with Gasteiger partial charge in [-0.1, -0.05) is 12.1 Å². The maximum Gasteiger partial charge on any atom is 0.263 e. The average Bonchev–Trinajstić information content (AvgIpc) is 2.69. The SMILES string of the molecule is CCNc1cc(Nc2ccc(NS(=O)(=O)c3ccccc3C#N)cc2)nc(C)n1. The molecule has 3 rings (SSSR count). The van der Waals surface area contributed by atoms with Crippen LogP contribution in [0.5, 0.6) is 0 Å². The second-order valence-corrected chi connectivity index (χ2v) is 7.78. The molecule has 3 aromatic rings. The predicted octanol–water partition coefficient (Wildman–Crippen LogP) is 3.63. The van der Waals surface area contributed by atoms with E-state index in [1.165, 1.54) is 12.1 Å². The molecule has 3 N–H and O–H groups in total. The van der Waals surface area contributed by atoms with E-state index in [-0.39, 0.29) is 10.5 Å². The van der Waals surface area contributed by atoms with Gasteiger partial charge in [0.15, 0.2) is 0 Å². The molecule has 0 radical (unpaired) electrons. The molecule has 0 amide bonds. The molecule has 29 heavy (non-hydrogen) atoms. The van der Waals surface area contributed by atoms with Crippen molar-refractivity contribution in [1.29, 1.82) is 5.26 Å². The number of hydrogen-bond acceptors (Lipinski definition) is 7. The van der Waals surface area contributed by atoms with Crippen LogP contribution in [0.25, 0.3) is 0 Å². The summed E-state index contributed by atoms with van der Waals surface area (Å²) in [5.74, 6) is 1.99. The molecule has 148 valence electrons. The first-order valence-electron chi connectivity index (χ1n) is 8.90. The molecule has 0 unspecified atom stereocenters. The molecule has 9 heteroatoms. The lowest BCUT2D eigenvalue weighted by Crippen LogP contribution is -2.14. The lowest BCUT2D eigenvalue weighted by atomic mass is 10.2. The summed E-state index contributed by atoms with van der Waals surface area (Å²) in [6, 6.07) is 16.5. The Morgan fingerprint density at radius 1 is 1.00 bits per heavy atom. The summed E-state index contributed by atoms with van der Waals surface area (Å²) in [5, 5.41) is 15.4. The Balaban J connectivity index is 1.76. The van der Waals surface area contributed by atoms with Crippen LogP contribution < -0.4 is 15.4 Å². The van der Waals surface area contributed by atoms with Gasteiger partial charge < -0.3 is 10.6 Å². The van der Waals surface area contributed by atoms with Crippen molar-refractivity contribution in [3.63, 3.8) is 0 Å². The number of aryl methyl sites for hydroxylation is 1. The zero-order chi connectivity index (χ0) is 20.9. The molecule has 1 heterocycles. The van der Waals surface area contributed by atoms with Gasteiger partial charge in [-0.3, -0.25) is 4.72 Å². The number of anilines is 4. The Morgan fingerprint density at radius 3 is 2.34 bits per heavy atom. The van der Waals surface area contributed by atoms with Gasteiger partial charge in [0, 0.05) is 24.0 Å². The van der Waals surface area contributed by atoms with Crippen LogP contribution in [0.4, 0.5) is 23.0 Å². The molecular weight excluding hydrogens is 388 g/mol. The highest BCUT2D eigenvalue weighted by atomic mass is 32.2. The van der Waals surface area contributed by atoms with Crippen molar-refractivity contribution in [2.75, 3.05) is 21.9 Å². The molecule has 0 atom stereocenters. The maximum absolute atomic E-state index is 12.6. The Labute approximate surface area is 169 Å². The average molecular weight is 408 g/mol. The van der Waals surface area contributed by atoms with Crippen molar-refractivity contribution in [3.05, 3.63) is 66.0 Å². The minimum atomic E-state index is -3.87. The highest BCUT2D eigenvalue weighted by Gasteiger charge is 2.18. The summed E-state index contributed by atoms with van der Waals surface area (Å²) in [5.41, 5.74) is 1.22. The summed E-state index contributed by atoms with van der Waals surface area (Å²) in [6.07, 6.45) is 0. The van der Waals surface area contributed by atoms with Crippen molar-refractivity contribution >= 4 is 33.0 Å². The third-order valence-electron chi connectivity index (χ3n) is 3.90. The largest absolute Gasteiger partial charge is 0.370 e. The minimum Gasteiger partial charge on any atom is -0.370 e. The Hall–Kier alpha value is -3.64. The van der Waals surface area contributed by atoms with E-state index in [9.17, 15) is 8.42 Å². The molecular formula is C20H20N6O2S. The van der Waals surface area contributed by atoms with Gasteiger partial charge in [-0.05, 0) is 50.2 Å². The lowest BCUT2D eigenvalue weighted by Gasteiger charge is -2.11. The molecule has 0 saturated heterocycles.